The van der Waals surface area contributed by atoms with Crippen molar-refractivity contribution in [2.45, 2.75) is 58.0 Å². The number of hydrogen-bond acceptors (Lipinski definition) is 2. The SMILES string of the molecule is CCC1(CC)NC(=O)CCN(C2CC2C)C1=O. The molecule has 1 saturated carbocycles. The van der Waals surface area contributed by atoms with Crippen molar-refractivity contribution in [3.05, 3.63) is 0 Å². The van der Waals surface area contributed by atoms with Gasteiger partial charge in [-0.3, -0.25) is 9.59 Å². The van der Waals surface area contributed by atoms with Crippen molar-refractivity contribution in [1.82, 2.24) is 10.2 Å². The van der Waals surface area contributed by atoms with Crippen molar-refractivity contribution < 1.29 is 9.59 Å². The summed E-state index contributed by atoms with van der Waals surface area (Å²) < 4.78 is 0. The molecule has 1 saturated heterocycles. The molecule has 17 heavy (non-hydrogen) atoms. The average molecular weight is 238 g/mol. The molecule has 2 rings (SSSR count). The highest BCUT2D eigenvalue weighted by Crippen LogP contribution is 2.37. The molecule has 2 atom stereocenters. The lowest BCUT2D eigenvalue weighted by atomic mass is 9.91. The molecule has 1 aliphatic heterocycles. The zero-order valence-corrected chi connectivity index (χ0v) is 11.0. The van der Waals surface area contributed by atoms with Crippen LogP contribution < -0.4 is 5.32 Å². The molecular weight excluding hydrogens is 216 g/mol. The molecule has 2 aliphatic rings. The van der Waals surface area contributed by atoms with Gasteiger partial charge in [0.25, 0.3) is 0 Å². The van der Waals surface area contributed by atoms with Gasteiger partial charge in [0.05, 0.1) is 0 Å². The summed E-state index contributed by atoms with van der Waals surface area (Å²) in [5.74, 6) is 0.735. The predicted molar refractivity (Wildman–Crippen MR) is 65.4 cm³/mol. The molecule has 4 nitrogen and oxygen atoms in total. The van der Waals surface area contributed by atoms with Crippen LogP contribution in [0.1, 0.15) is 46.5 Å². The molecule has 96 valence electrons. The number of nitrogens with zero attached hydrogens (tertiary/aromatic N) is 1. The molecule has 1 aliphatic carbocycles. The van der Waals surface area contributed by atoms with Gasteiger partial charge in [0, 0.05) is 19.0 Å². The molecule has 4 heteroatoms. The highest BCUT2D eigenvalue weighted by molar-refractivity contribution is 5.93. The van der Waals surface area contributed by atoms with E-state index in [-0.39, 0.29) is 11.8 Å². The molecule has 1 heterocycles. The van der Waals surface area contributed by atoms with Crippen molar-refractivity contribution in [3.63, 3.8) is 0 Å². The summed E-state index contributed by atoms with van der Waals surface area (Å²) in [6.07, 6.45) is 2.87. The van der Waals surface area contributed by atoms with E-state index in [1.165, 1.54) is 0 Å². The van der Waals surface area contributed by atoms with Gasteiger partial charge >= 0.3 is 0 Å². The highest BCUT2D eigenvalue weighted by atomic mass is 16.2. The summed E-state index contributed by atoms with van der Waals surface area (Å²) in [7, 11) is 0. The van der Waals surface area contributed by atoms with Crippen molar-refractivity contribution >= 4 is 11.8 Å². The van der Waals surface area contributed by atoms with Crippen LogP contribution in [0.25, 0.3) is 0 Å². The fourth-order valence-electron chi connectivity index (χ4n) is 2.76. The molecule has 2 unspecified atom stereocenters. The standard InChI is InChI=1S/C13H22N2O2/c1-4-13(5-2)12(17)15(10-8-9(10)3)7-6-11(16)14-13/h9-10H,4-8H2,1-3H3,(H,14,16). The van der Waals surface area contributed by atoms with E-state index in [1.807, 2.05) is 18.7 Å². The normalized spacial score (nSPS) is 32.1. The third kappa shape index (κ3) is 2.05. The summed E-state index contributed by atoms with van der Waals surface area (Å²) in [6, 6.07) is 0.368. The summed E-state index contributed by atoms with van der Waals surface area (Å²) >= 11 is 0. The summed E-state index contributed by atoms with van der Waals surface area (Å²) in [5.41, 5.74) is -0.657. The Kier molecular flexibility index (Phi) is 3.15. The van der Waals surface area contributed by atoms with Crippen LogP contribution in [-0.2, 0) is 9.59 Å². The Morgan fingerprint density at radius 1 is 1.35 bits per heavy atom. The maximum Gasteiger partial charge on any atom is 0.248 e. The molecule has 0 aromatic rings. The first-order valence-electron chi connectivity index (χ1n) is 6.66. The minimum Gasteiger partial charge on any atom is -0.342 e. The van der Waals surface area contributed by atoms with Gasteiger partial charge in [-0.2, -0.15) is 0 Å². The van der Waals surface area contributed by atoms with Gasteiger partial charge in [-0.05, 0) is 25.2 Å². The van der Waals surface area contributed by atoms with E-state index in [2.05, 4.69) is 12.2 Å². The Morgan fingerprint density at radius 2 is 1.94 bits per heavy atom. The van der Waals surface area contributed by atoms with Crippen LogP contribution in [-0.4, -0.2) is 34.8 Å². The lowest BCUT2D eigenvalue weighted by molar-refractivity contribution is -0.139. The summed E-state index contributed by atoms with van der Waals surface area (Å²) in [5, 5.41) is 2.94. The van der Waals surface area contributed by atoms with Crippen LogP contribution in [0.15, 0.2) is 0 Å². The van der Waals surface area contributed by atoms with Crippen LogP contribution in [0.2, 0.25) is 0 Å². The molecule has 0 aromatic carbocycles. The second-order valence-electron chi connectivity index (χ2n) is 5.37. The van der Waals surface area contributed by atoms with E-state index in [1.54, 1.807) is 0 Å². The van der Waals surface area contributed by atoms with E-state index in [4.69, 9.17) is 0 Å². The Morgan fingerprint density at radius 3 is 2.41 bits per heavy atom. The third-order valence-corrected chi connectivity index (χ3v) is 4.30. The van der Waals surface area contributed by atoms with Gasteiger partial charge in [0.2, 0.25) is 11.8 Å². The Labute approximate surface area is 103 Å². The fourth-order valence-corrected chi connectivity index (χ4v) is 2.76. The van der Waals surface area contributed by atoms with Crippen molar-refractivity contribution in [1.29, 1.82) is 0 Å². The van der Waals surface area contributed by atoms with E-state index in [9.17, 15) is 9.59 Å². The summed E-state index contributed by atoms with van der Waals surface area (Å²) in [4.78, 5) is 26.3. The zero-order chi connectivity index (χ0) is 12.6. The number of carbonyl (C=O) groups is 2. The molecule has 1 N–H and O–H groups in total. The molecule has 0 bridgehead atoms. The highest BCUT2D eigenvalue weighted by Gasteiger charge is 2.48. The lowest BCUT2D eigenvalue weighted by Gasteiger charge is -2.34. The van der Waals surface area contributed by atoms with Gasteiger partial charge in [0.1, 0.15) is 5.54 Å². The predicted octanol–water partition coefficient (Wildman–Crippen LogP) is 1.30. The van der Waals surface area contributed by atoms with Gasteiger partial charge in [-0.1, -0.05) is 20.8 Å². The van der Waals surface area contributed by atoms with Crippen molar-refractivity contribution in [2.24, 2.45) is 5.92 Å². The number of hydrogen-bond donors (Lipinski definition) is 1. The molecule has 0 aromatic heterocycles. The number of rotatable bonds is 3. The zero-order valence-electron chi connectivity index (χ0n) is 11.0. The van der Waals surface area contributed by atoms with Gasteiger partial charge in [-0.25, -0.2) is 0 Å². The van der Waals surface area contributed by atoms with Crippen LogP contribution in [0.4, 0.5) is 0 Å². The first-order valence-corrected chi connectivity index (χ1v) is 6.66. The second kappa shape index (κ2) is 4.31. The maximum absolute atomic E-state index is 12.6. The smallest absolute Gasteiger partial charge is 0.248 e. The fraction of sp³-hybridized carbons (Fsp3) is 0.846. The quantitative estimate of drug-likeness (QED) is 0.805. The van der Waals surface area contributed by atoms with Crippen molar-refractivity contribution in [3.8, 4) is 0 Å². The Balaban J connectivity index is 2.25. The average Bonchev–Trinajstić information content (AvgIpc) is 3.04. The second-order valence-corrected chi connectivity index (χ2v) is 5.37. The minimum atomic E-state index is -0.657. The number of nitrogens with one attached hydrogen (secondary N) is 1. The largest absolute Gasteiger partial charge is 0.342 e. The number of carbonyl (C=O) groups excluding carboxylic acids is 2. The van der Waals surface area contributed by atoms with E-state index >= 15 is 0 Å². The van der Waals surface area contributed by atoms with Gasteiger partial charge < -0.3 is 10.2 Å². The van der Waals surface area contributed by atoms with Gasteiger partial charge in [0.15, 0.2) is 0 Å². The molecule has 0 radical (unpaired) electrons. The van der Waals surface area contributed by atoms with Crippen LogP contribution in [0, 0.1) is 5.92 Å². The van der Waals surface area contributed by atoms with Gasteiger partial charge in [-0.15, -0.1) is 0 Å². The molecular formula is C13H22N2O2. The molecule has 2 amide bonds. The third-order valence-electron chi connectivity index (χ3n) is 4.30. The first kappa shape index (κ1) is 12.4. The van der Waals surface area contributed by atoms with E-state index in [0.717, 1.165) is 6.42 Å². The molecule has 2 fully saturated rings. The topological polar surface area (TPSA) is 49.4 Å². The monoisotopic (exact) mass is 238 g/mol. The lowest BCUT2D eigenvalue weighted by Crippen LogP contribution is -2.57. The van der Waals surface area contributed by atoms with Crippen molar-refractivity contribution in [2.75, 3.05) is 6.54 Å². The Hall–Kier alpha value is -1.06. The Bertz CT molecular complexity index is 336. The van der Waals surface area contributed by atoms with E-state index in [0.29, 0.717) is 37.8 Å². The maximum atomic E-state index is 12.6. The molecule has 0 spiro atoms. The van der Waals surface area contributed by atoms with Crippen LogP contribution in [0.5, 0.6) is 0 Å². The number of amides is 2. The minimum absolute atomic E-state index is 0.0119. The van der Waals surface area contributed by atoms with Crippen LogP contribution >= 0.6 is 0 Å². The summed E-state index contributed by atoms with van der Waals surface area (Å²) in [6.45, 7) is 6.70. The van der Waals surface area contributed by atoms with E-state index < -0.39 is 5.54 Å². The first-order chi connectivity index (χ1) is 8.04. The van der Waals surface area contributed by atoms with Crippen LogP contribution in [0.3, 0.4) is 0 Å².